The number of likely N-dealkylation sites (N-methyl/N-ethyl adjacent to an activating group) is 2. The molecule has 0 aliphatic rings. The fourth-order valence-electron chi connectivity index (χ4n) is 3.95. The number of nitrogens with one attached hydrogen (secondary N) is 2. The number of nitrogens with zero attached hydrogens (tertiary/aromatic N) is 2. The van der Waals surface area contributed by atoms with Crippen LogP contribution in [-0.4, -0.2) is 67.0 Å². The van der Waals surface area contributed by atoms with Gasteiger partial charge in [-0.2, -0.15) is 0 Å². The lowest BCUT2D eigenvalue weighted by molar-refractivity contribution is -0.140. The first kappa shape index (κ1) is 30.3. The smallest absolute Gasteiger partial charge is 0.410 e. The normalized spacial score (nSPS) is 14.6. The Balaban J connectivity index is 2.92. The number of anilines is 1. The van der Waals surface area contributed by atoms with E-state index in [1.165, 1.54) is 4.90 Å². The van der Waals surface area contributed by atoms with Crippen molar-refractivity contribution in [2.24, 2.45) is 17.8 Å². The van der Waals surface area contributed by atoms with Gasteiger partial charge in [0.1, 0.15) is 18.7 Å². The van der Waals surface area contributed by atoms with Crippen LogP contribution in [-0.2, 0) is 20.9 Å². The summed E-state index contributed by atoms with van der Waals surface area (Å²) in [5.74, 6) is -0.439. The third-order valence-corrected chi connectivity index (χ3v) is 6.87. The summed E-state index contributed by atoms with van der Waals surface area (Å²) < 4.78 is 5.46. The molecule has 0 heterocycles. The highest BCUT2D eigenvalue weighted by atomic mass is 16.6. The van der Waals surface area contributed by atoms with Crippen LogP contribution < -0.4 is 10.6 Å². The second-order valence-electron chi connectivity index (χ2n) is 10.1. The van der Waals surface area contributed by atoms with E-state index in [9.17, 15) is 14.4 Å². The first-order valence-corrected chi connectivity index (χ1v) is 12.6. The molecule has 1 aromatic rings. The van der Waals surface area contributed by atoms with Crippen molar-refractivity contribution in [3.63, 3.8) is 0 Å². The van der Waals surface area contributed by atoms with Crippen molar-refractivity contribution in [3.05, 3.63) is 29.8 Å². The molecule has 1 unspecified atom stereocenters. The molecule has 0 radical (unpaired) electrons. The molecule has 0 spiro atoms. The number of ether oxygens (including phenoxy) is 1. The monoisotopic (exact) mass is 490 g/mol. The van der Waals surface area contributed by atoms with Crippen LogP contribution in [0, 0.1) is 17.8 Å². The van der Waals surface area contributed by atoms with Gasteiger partial charge in [-0.3, -0.25) is 14.5 Å². The maximum Gasteiger partial charge on any atom is 0.410 e. The van der Waals surface area contributed by atoms with Crippen LogP contribution in [0.1, 0.15) is 60.5 Å². The molecule has 4 atom stereocenters. The molecule has 0 fully saturated rings. The van der Waals surface area contributed by atoms with Crippen molar-refractivity contribution in [1.29, 1.82) is 0 Å². The van der Waals surface area contributed by atoms with Crippen LogP contribution in [0.15, 0.2) is 24.3 Å². The standard InChI is InChI=1S/C27H46N4O4/c1-11-19(6)20(7)30(9)26(33)23(17(2)3)29-25(32)24(18(4)5)31(10)27(34)35-16-21-12-14-22(28-8)15-13-21/h12-15,17-20,23-24,28H,11,16H2,1-10H3,(H,29,32)/t19-,20?,23-,24-/m0/s1. The topological polar surface area (TPSA) is 91.0 Å². The Morgan fingerprint density at radius 2 is 1.49 bits per heavy atom. The minimum absolute atomic E-state index is 0.0476. The van der Waals surface area contributed by atoms with Gasteiger partial charge in [0.05, 0.1) is 0 Å². The minimum atomic E-state index is -0.777. The van der Waals surface area contributed by atoms with Crippen LogP contribution in [0.4, 0.5) is 10.5 Å². The first-order valence-electron chi connectivity index (χ1n) is 12.6. The van der Waals surface area contributed by atoms with E-state index in [-0.39, 0.29) is 36.3 Å². The molecular formula is C27H46N4O4. The highest BCUT2D eigenvalue weighted by molar-refractivity contribution is 5.91. The number of hydrogen-bond donors (Lipinski definition) is 2. The van der Waals surface area contributed by atoms with Gasteiger partial charge in [-0.05, 0) is 42.4 Å². The molecule has 0 aromatic heterocycles. The fourth-order valence-corrected chi connectivity index (χ4v) is 3.95. The Morgan fingerprint density at radius 3 is 1.94 bits per heavy atom. The summed E-state index contributed by atoms with van der Waals surface area (Å²) in [5.41, 5.74) is 1.81. The lowest BCUT2D eigenvalue weighted by atomic mass is 9.96. The maximum absolute atomic E-state index is 13.3. The minimum Gasteiger partial charge on any atom is -0.445 e. The van der Waals surface area contributed by atoms with Crippen molar-refractivity contribution >= 4 is 23.6 Å². The third-order valence-electron chi connectivity index (χ3n) is 6.87. The van der Waals surface area contributed by atoms with Gasteiger partial charge in [-0.15, -0.1) is 0 Å². The first-order chi connectivity index (χ1) is 16.3. The summed E-state index contributed by atoms with van der Waals surface area (Å²) in [4.78, 5) is 42.4. The zero-order chi connectivity index (χ0) is 26.9. The van der Waals surface area contributed by atoms with E-state index in [0.29, 0.717) is 5.92 Å². The summed E-state index contributed by atoms with van der Waals surface area (Å²) in [6.07, 6.45) is 0.367. The molecule has 1 rings (SSSR count). The molecule has 3 amide bonds. The lowest BCUT2D eigenvalue weighted by Crippen LogP contribution is -2.58. The molecule has 0 saturated carbocycles. The average Bonchev–Trinajstić information content (AvgIpc) is 2.83. The van der Waals surface area contributed by atoms with Gasteiger partial charge in [-0.25, -0.2) is 4.79 Å². The van der Waals surface area contributed by atoms with Crippen molar-refractivity contribution < 1.29 is 19.1 Å². The lowest BCUT2D eigenvalue weighted by Gasteiger charge is -2.35. The Kier molecular flexibility index (Phi) is 12.1. The van der Waals surface area contributed by atoms with E-state index < -0.39 is 18.2 Å². The summed E-state index contributed by atoms with van der Waals surface area (Å²) in [7, 11) is 5.18. The van der Waals surface area contributed by atoms with Gasteiger partial charge in [0.15, 0.2) is 0 Å². The number of benzene rings is 1. The average molecular weight is 491 g/mol. The Morgan fingerprint density at radius 1 is 0.914 bits per heavy atom. The van der Waals surface area contributed by atoms with Crippen LogP contribution in [0.25, 0.3) is 0 Å². The Labute approximate surface area is 211 Å². The van der Waals surface area contributed by atoms with E-state index in [4.69, 9.17) is 4.74 Å². The quantitative estimate of drug-likeness (QED) is 0.454. The van der Waals surface area contributed by atoms with Crippen molar-refractivity contribution in [1.82, 2.24) is 15.1 Å². The van der Waals surface area contributed by atoms with Crippen LogP contribution in [0.5, 0.6) is 0 Å². The van der Waals surface area contributed by atoms with Gasteiger partial charge in [0, 0.05) is 32.9 Å². The molecule has 1 aromatic carbocycles. The van der Waals surface area contributed by atoms with E-state index in [1.54, 1.807) is 19.0 Å². The molecule has 0 bridgehead atoms. The van der Waals surface area contributed by atoms with E-state index in [1.807, 2.05) is 65.9 Å². The molecule has 0 aliphatic carbocycles. The fraction of sp³-hybridized carbons (Fsp3) is 0.667. The Hall–Kier alpha value is -2.77. The number of rotatable bonds is 12. The van der Waals surface area contributed by atoms with Gasteiger partial charge in [-0.1, -0.05) is 60.1 Å². The maximum atomic E-state index is 13.3. The predicted molar refractivity (Wildman–Crippen MR) is 141 cm³/mol. The van der Waals surface area contributed by atoms with Crippen molar-refractivity contribution in [3.8, 4) is 0 Å². The highest BCUT2D eigenvalue weighted by Crippen LogP contribution is 2.18. The van der Waals surface area contributed by atoms with Crippen LogP contribution in [0.2, 0.25) is 0 Å². The van der Waals surface area contributed by atoms with E-state index >= 15 is 0 Å². The number of carbonyl (C=O) groups is 3. The van der Waals surface area contributed by atoms with Gasteiger partial charge in [0.25, 0.3) is 0 Å². The zero-order valence-corrected chi connectivity index (χ0v) is 23.2. The molecular weight excluding hydrogens is 444 g/mol. The van der Waals surface area contributed by atoms with Gasteiger partial charge < -0.3 is 20.3 Å². The second kappa shape index (κ2) is 14.0. The van der Waals surface area contributed by atoms with Crippen LogP contribution >= 0.6 is 0 Å². The van der Waals surface area contributed by atoms with Gasteiger partial charge in [0.2, 0.25) is 11.8 Å². The molecule has 2 N–H and O–H groups in total. The summed E-state index contributed by atoms with van der Waals surface area (Å²) >= 11 is 0. The SMILES string of the molecule is CC[C@H](C)C(C)N(C)C(=O)[C@@H](NC(=O)[C@H](C(C)C)N(C)C(=O)OCc1ccc(NC)cc1)C(C)C. The molecule has 198 valence electrons. The van der Waals surface area contributed by atoms with E-state index in [0.717, 1.165) is 17.7 Å². The van der Waals surface area contributed by atoms with Crippen molar-refractivity contribution in [2.45, 2.75) is 79.6 Å². The predicted octanol–water partition coefficient (Wildman–Crippen LogP) is 4.36. The third kappa shape index (κ3) is 8.44. The number of amides is 3. The largest absolute Gasteiger partial charge is 0.445 e. The zero-order valence-electron chi connectivity index (χ0n) is 23.2. The van der Waals surface area contributed by atoms with Crippen LogP contribution in [0.3, 0.4) is 0 Å². The highest BCUT2D eigenvalue weighted by Gasteiger charge is 2.36. The van der Waals surface area contributed by atoms with Crippen molar-refractivity contribution in [2.75, 3.05) is 26.5 Å². The summed E-state index contributed by atoms with van der Waals surface area (Å²) in [5, 5.41) is 5.97. The number of carbonyl (C=O) groups excluding carboxylic acids is 3. The molecule has 8 heteroatoms. The van der Waals surface area contributed by atoms with E-state index in [2.05, 4.69) is 24.5 Å². The number of hydrogen-bond acceptors (Lipinski definition) is 5. The molecule has 0 aliphatic heterocycles. The second-order valence-corrected chi connectivity index (χ2v) is 10.1. The molecule has 8 nitrogen and oxygen atoms in total. The molecule has 0 saturated heterocycles. The Bertz CT molecular complexity index is 825. The molecule has 35 heavy (non-hydrogen) atoms. The summed E-state index contributed by atoms with van der Waals surface area (Å²) in [6, 6.07) is 6.14. The summed E-state index contributed by atoms with van der Waals surface area (Å²) in [6.45, 7) is 13.9. The van der Waals surface area contributed by atoms with Gasteiger partial charge >= 0.3 is 6.09 Å².